The van der Waals surface area contributed by atoms with Crippen LogP contribution in [0.4, 0.5) is 5.69 Å². The quantitative estimate of drug-likeness (QED) is 0.751. The van der Waals surface area contributed by atoms with Gasteiger partial charge in [0.15, 0.2) is 5.78 Å². The number of Topliss-reactive ketones (excluding diaryl/α,β-unsaturated/α-hetero) is 1. The molecule has 0 radical (unpaired) electrons. The number of nitrogens with zero attached hydrogens (tertiary/aromatic N) is 1. The maximum Gasteiger partial charge on any atom is 0.223 e. The third-order valence-corrected chi connectivity index (χ3v) is 3.38. The summed E-state index contributed by atoms with van der Waals surface area (Å²) in [6, 6.07) is 6.90. The van der Waals surface area contributed by atoms with Crippen LogP contribution in [0.3, 0.4) is 0 Å². The molecule has 0 fully saturated rings. The van der Waals surface area contributed by atoms with E-state index in [2.05, 4.69) is 5.32 Å². The highest BCUT2D eigenvalue weighted by Gasteiger charge is 2.12. The van der Waals surface area contributed by atoms with Crippen molar-refractivity contribution in [2.75, 3.05) is 18.0 Å². The summed E-state index contributed by atoms with van der Waals surface area (Å²) in [5.74, 6) is -0.0974. The number of amides is 2. The second-order valence-corrected chi connectivity index (χ2v) is 5.23. The minimum absolute atomic E-state index is 0.0101. The number of carbonyl (C=O) groups is 3. The van der Waals surface area contributed by atoms with Crippen LogP contribution in [-0.2, 0) is 9.59 Å². The molecule has 0 spiro atoms. The molecular formula is C17H24N2O3. The van der Waals surface area contributed by atoms with E-state index in [4.69, 9.17) is 0 Å². The van der Waals surface area contributed by atoms with Gasteiger partial charge < -0.3 is 10.2 Å². The Balaban J connectivity index is 2.60. The van der Waals surface area contributed by atoms with Gasteiger partial charge in [0.1, 0.15) is 0 Å². The molecule has 1 aromatic carbocycles. The Bertz CT molecular complexity index is 523. The summed E-state index contributed by atoms with van der Waals surface area (Å²) in [6.45, 7) is 5.85. The lowest BCUT2D eigenvalue weighted by Crippen LogP contribution is -2.37. The van der Waals surface area contributed by atoms with E-state index in [1.165, 1.54) is 13.8 Å². The SMILES string of the molecule is CCCCC(=O)NCCN(C(C)=O)c1ccc(C(C)=O)cc1. The Hall–Kier alpha value is -2.17. The lowest BCUT2D eigenvalue weighted by molar-refractivity contribution is -0.121. The molecule has 1 N–H and O–H groups in total. The third-order valence-electron chi connectivity index (χ3n) is 3.38. The third kappa shape index (κ3) is 5.68. The first-order valence-corrected chi connectivity index (χ1v) is 7.61. The highest BCUT2D eigenvalue weighted by Crippen LogP contribution is 2.15. The van der Waals surface area contributed by atoms with Crippen LogP contribution in [0.2, 0.25) is 0 Å². The van der Waals surface area contributed by atoms with Crippen LogP contribution >= 0.6 is 0 Å². The number of rotatable bonds is 8. The van der Waals surface area contributed by atoms with Gasteiger partial charge in [0.2, 0.25) is 11.8 Å². The molecule has 0 unspecified atom stereocenters. The van der Waals surface area contributed by atoms with Gasteiger partial charge in [-0.25, -0.2) is 0 Å². The summed E-state index contributed by atoms with van der Waals surface area (Å²) in [5, 5.41) is 2.82. The first-order chi connectivity index (χ1) is 10.5. The second-order valence-electron chi connectivity index (χ2n) is 5.23. The summed E-state index contributed by atoms with van der Waals surface area (Å²) in [5.41, 5.74) is 1.33. The zero-order valence-corrected chi connectivity index (χ0v) is 13.5. The predicted molar refractivity (Wildman–Crippen MR) is 87.0 cm³/mol. The summed E-state index contributed by atoms with van der Waals surface area (Å²) in [6.07, 6.45) is 2.37. The van der Waals surface area contributed by atoms with Crippen LogP contribution in [-0.4, -0.2) is 30.7 Å². The van der Waals surface area contributed by atoms with Crippen molar-refractivity contribution in [3.05, 3.63) is 29.8 Å². The molecule has 0 atom stereocenters. The Labute approximate surface area is 131 Å². The average Bonchev–Trinajstić information content (AvgIpc) is 2.49. The van der Waals surface area contributed by atoms with E-state index in [1.807, 2.05) is 6.92 Å². The minimum Gasteiger partial charge on any atom is -0.354 e. The fraction of sp³-hybridized carbons (Fsp3) is 0.471. The summed E-state index contributed by atoms with van der Waals surface area (Å²) in [4.78, 5) is 36.2. The zero-order valence-electron chi connectivity index (χ0n) is 13.5. The molecule has 0 bridgehead atoms. The number of nitrogens with one attached hydrogen (secondary N) is 1. The molecule has 0 aliphatic carbocycles. The van der Waals surface area contributed by atoms with E-state index in [0.29, 0.717) is 25.1 Å². The van der Waals surface area contributed by atoms with Crippen LogP contribution in [0, 0.1) is 0 Å². The Morgan fingerprint density at radius 1 is 1.09 bits per heavy atom. The molecular weight excluding hydrogens is 280 g/mol. The number of ketones is 1. The van der Waals surface area contributed by atoms with E-state index in [9.17, 15) is 14.4 Å². The second kappa shape index (κ2) is 8.97. The monoisotopic (exact) mass is 304 g/mol. The molecule has 0 heterocycles. The van der Waals surface area contributed by atoms with Crippen molar-refractivity contribution >= 4 is 23.3 Å². The van der Waals surface area contributed by atoms with Crippen molar-refractivity contribution in [1.82, 2.24) is 5.32 Å². The average molecular weight is 304 g/mol. The molecule has 22 heavy (non-hydrogen) atoms. The normalized spacial score (nSPS) is 10.1. The van der Waals surface area contributed by atoms with E-state index >= 15 is 0 Å². The highest BCUT2D eigenvalue weighted by atomic mass is 16.2. The van der Waals surface area contributed by atoms with Crippen LogP contribution < -0.4 is 10.2 Å². The van der Waals surface area contributed by atoms with Crippen LogP contribution in [0.1, 0.15) is 50.4 Å². The van der Waals surface area contributed by atoms with E-state index in [1.54, 1.807) is 29.2 Å². The number of anilines is 1. The van der Waals surface area contributed by atoms with Gasteiger partial charge in [0.25, 0.3) is 0 Å². The van der Waals surface area contributed by atoms with Gasteiger partial charge >= 0.3 is 0 Å². The Morgan fingerprint density at radius 2 is 1.73 bits per heavy atom. The van der Waals surface area contributed by atoms with Gasteiger partial charge in [-0.2, -0.15) is 0 Å². The molecule has 0 saturated heterocycles. The van der Waals surface area contributed by atoms with E-state index in [0.717, 1.165) is 18.5 Å². The molecule has 120 valence electrons. The summed E-state index contributed by atoms with van der Waals surface area (Å²) >= 11 is 0. The van der Waals surface area contributed by atoms with Crippen molar-refractivity contribution in [1.29, 1.82) is 0 Å². The van der Waals surface area contributed by atoms with Crippen molar-refractivity contribution < 1.29 is 14.4 Å². The molecule has 1 rings (SSSR count). The summed E-state index contributed by atoms with van der Waals surface area (Å²) < 4.78 is 0. The minimum atomic E-state index is -0.0987. The van der Waals surface area contributed by atoms with Gasteiger partial charge in [-0.05, 0) is 37.6 Å². The van der Waals surface area contributed by atoms with Gasteiger partial charge in [0.05, 0.1) is 0 Å². The molecule has 1 aromatic rings. The molecule has 0 saturated carbocycles. The van der Waals surface area contributed by atoms with Gasteiger partial charge in [0, 0.05) is 37.7 Å². The maximum absolute atomic E-state index is 11.8. The molecule has 5 nitrogen and oxygen atoms in total. The number of hydrogen-bond donors (Lipinski definition) is 1. The van der Waals surface area contributed by atoms with Gasteiger partial charge in [-0.1, -0.05) is 13.3 Å². The van der Waals surface area contributed by atoms with Crippen LogP contribution in [0.25, 0.3) is 0 Å². The smallest absolute Gasteiger partial charge is 0.223 e. The molecule has 2 amide bonds. The first kappa shape index (κ1) is 17.9. The zero-order chi connectivity index (χ0) is 16.5. The van der Waals surface area contributed by atoms with Crippen molar-refractivity contribution in [3.63, 3.8) is 0 Å². The predicted octanol–water partition coefficient (Wildman–Crippen LogP) is 2.55. The van der Waals surface area contributed by atoms with Crippen molar-refractivity contribution in [2.45, 2.75) is 40.0 Å². The lowest BCUT2D eigenvalue weighted by Gasteiger charge is -2.21. The van der Waals surface area contributed by atoms with Crippen LogP contribution in [0.5, 0.6) is 0 Å². The van der Waals surface area contributed by atoms with Crippen LogP contribution in [0.15, 0.2) is 24.3 Å². The number of unbranched alkanes of at least 4 members (excludes halogenated alkanes) is 1. The first-order valence-electron chi connectivity index (χ1n) is 7.61. The Morgan fingerprint density at radius 3 is 2.23 bits per heavy atom. The summed E-state index contributed by atoms with van der Waals surface area (Å²) in [7, 11) is 0. The topological polar surface area (TPSA) is 66.5 Å². The largest absolute Gasteiger partial charge is 0.354 e. The lowest BCUT2D eigenvalue weighted by atomic mass is 10.1. The number of carbonyl (C=O) groups excluding carboxylic acids is 3. The van der Waals surface area contributed by atoms with E-state index in [-0.39, 0.29) is 17.6 Å². The standard InChI is InChI=1S/C17H24N2O3/c1-4-5-6-17(22)18-11-12-19(14(3)21)16-9-7-15(8-10-16)13(2)20/h7-10H,4-6,11-12H2,1-3H3,(H,18,22). The fourth-order valence-electron chi connectivity index (χ4n) is 2.08. The molecule has 0 aliphatic rings. The fourth-order valence-corrected chi connectivity index (χ4v) is 2.08. The maximum atomic E-state index is 11.8. The van der Waals surface area contributed by atoms with Gasteiger partial charge in [-0.3, -0.25) is 14.4 Å². The van der Waals surface area contributed by atoms with Gasteiger partial charge in [-0.15, -0.1) is 0 Å². The number of benzene rings is 1. The molecule has 5 heteroatoms. The van der Waals surface area contributed by atoms with E-state index < -0.39 is 0 Å². The van der Waals surface area contributed by atoms with Crippen molar-refractivity contribution in [3.8, 4) is 0 Å². The molecule has 0 aromatic heterocycles. The Kier molecular flexibility index (Phi) is 7.29. The number of hydrogen-bond acceptors (Lipinski definition) is 3. The van der Waals surface area contributed by atoms with Crippen molar-refractivity contribution in [2.24, 2.45) is 0 Å². The molecule has 0 aliphatic heterocycles. The highest BCUT2D eigenvalue weighted by molar-refractivity contribution is 5.96.